The zero-order valence-electron chi connectivity index (χ0n) is 22.7. The molecule has 39 heavy (non-hydrogen) atoms. The van der Waals surface area contributed by atoms with Gasteiger partial charge in [-0.2, -0.15) is 5.10 Å². The molecule has 0 radical (unpaired) electrons. The highest BCUT2D eigenvalue weighted by atomic mass is 19.1. The van der Waals surface area contributed by atoms with E-state index in [0.717, 1.165) is 6.07 Å². The van der Waals surface area contributed by atoms with Crippen LogP contribution in [0.4, 0.5) is 26.5 Å². The van der Waals surface area contributed by atoms with Gasteiger partial charge in [0.15, 0.2) is 6.29 Å². The van der Waals surface area contributed by atoms with Crippen molar-refractivity contribution in [2.24, 2.45) is 10.7 Å². The largest absolute Gasteiger partial charge is 0.347 e. The number of rotatable bonds is 5. The first-order valence-electron chi connectivity index (χ1n) is 12.2. The summed E-state index contributed by atoms with van der Waals surface area (Å²) in [5.74, 6) is -0.113. The van der Waals surface area contributed by atoms with Crippen molar-refractivity contribution in [3.8, 4) is 11.1 Å². The summed E-state index contributed by atoms with van der Waals surface area (Å²) >= 11 is 0. The van der Waals surface area contributed by atoms with E-state index in [9.17, 15) is 18.8 Å². The molecule has 0 spiro atoms. The normalized spacial score (nSPS) is 14.7. The van der Waals surface area contributed by atoms with Crippen LogP contribution < -0.4 is 26.8 Å². The number of hydrogen-bond donors (Lipinski definition) is 4. The standard InChI is InChI=1S/C26H32FN9O3/c1-26(2,3)19-11-20(36(33-19)13-21(37)34(4)5)31-25(39)30-18-10-14(7-8-17(18)27)16-9-15-12-29-24(28)35(6)22(15)32-23(16)38/h7-12,24H,13,28H2,1-6H3,(H,32,38)(H2,30,31,39). The van der Waals surface area contributed by atoms with Gasteiger partial charge in [0.25, 0.3) is 5.56 Å². The lowest BCUT2D eigenvalue weighted by Gasteiger charge is -2.28. The van der Waals surface area contributed by atoms with Crippen LogP contribution in [0.3, 0.4) is 0 Å². The van der Waals surface area contributed by atoms with Crippen molar-refractivity contribution in [3.05, 3.63) is 57.8 Å². The number of carbonyl (C=O) groups is 2. The number of pyridine rings is 1. The number of nitrogens with two attached hydrogens (primary N) is 1. The third kappa shape index (κ3) is 5.82. The Kier molecular flexibility index (Phi) is 7.29. The molecule has 206 valence electrons. The second-order valence-electron chi connectivity index (χ2n) is 10.5. The predicted octanol–water partition coefficient (Wildman–Crippen LogP) is 2.52. The number of carbonyl (C=O) groups excluding carboxylic acids is 2. The highest BCUT2D eigenvalue weighted by molar-refractivity contribution is 6.00. The Hall–Kier alpha value is -4.52. The van der Waals surface area contributed by atoms with Crippen LogP contribution in [0, 0.1) is 5.82 Å². The molecule has 12 nitrogen and oxygen atoms in total. The molecule has 1 aromatic carbocycles. The lowest BCUT2D eigenvalue weighted by atomic mass is 9.92. The Labute approximate surface area is 224 Å². The molecule has 2 aromatic heterocycles. The molecule has 3 aromatic rings. The molecule has 1 atom stereocenters. The fourth-order valence-electron chi connectivity index (χ4n) is 3.86. The summed E-state index contributed by atoms with van der Waals surface area (Å²) in [6.07, 6.45) is 0.946. The minimum absolute atomic E-state index is 0.0902. The van der Waals surface area contributed by atoms with Crippen LogP contribution in [0.5, 0.6) is 0 Å². The van der Waals surface area contributed by atoms with E-state index in [-0.39, 0.29) is 34.9 Å². The number of hydrogen-bond acceptors (Lipinski definition) is 7. The Morgan fingerprint density at radius 3 is 2.56 bits per heavy atom. The minimum Gasteiger partial charge on any atom is -0.347 e. The van der Waals surface area contributed by atoms with Crippen LogP contribution in [-0.2, 0) is 16.8 Å². The first-order chi connectivity index (χ1) is 18.2. The summed E-state index contributed by atoms with van der Waals surface area (Å²) in [7, 11) is 4.96. The monoisotopic (exact) mass is 537 g/mol. The molecular formula is C26H32FN9O3. The summed E-state index contributed by atoms with van der Waals surface area (Å²) < 4.78 is 16.1. The van der Waals surface area contributed by atoms with E-state index in [2.05, 4.69) is 25.7 Å². The number of aromatic nitrogens is 3. The quantitative estimate of drug-likeness (QED) is 0.392. The zero-order chi connectivity index (χ0) is 28.6. The second-order valence-corrected chi connectivity index (χ2v) is 10.5. The lowest BCUT2D eigenvalue weighted by Crippen LogP contribution is -2.41. The average molecular weight is 538 g/mol. The molecule has 4 rings (SSSR count). The Morgan fingerprint density at radius 1 is 1.18 bits per heavy atom. The number of fused-ring (bicyclic) bond motifs is 1. The smallest absolute Gasteiger partial charge is 0.324 e. The fraction of sp³-hybridized carbons (Fsp3) is 0.346. The van der Waals surface area contributed by atoms with Crippen LogP contribution in [-0.4, -0.2) is 65.2 Å². The molecule has 0 bridgehead atoms. The number of benzene rings is 1. The first-order valence-corrected chi connectivity index (χ1v) is 12.2. The molecule has 3 heterocycles. The molecule has 5 N–H and O–H groups in total. The van der Waals surface area contributed by atoms with Crippen LogP contribution in [0.2, 0.25) is 0 Å². The Morgan fingerprint density at radius 2 is 1.90 bits per heavy atom. The van der Waals surface area contributed by atoms with Gasteiger partial charge in [0.1, 0.15) is 24.0 Å². The number of nitrogens with zero attached hydrogens (tertiary/aromatic N) is 5. The molecule has 1 aliphatic heterocycles. The van der Waals surface area contributed by atoms with Crippen molar-refractivity contribution in [1.82, 2.24) is 19.7 Å². The molecule has 1 unspecified atom stereocenters. The van der Waals surface area contributed by atoms with Crippen molar-refractivity contribution in [2.45, 2.75) is 39.0 Å². The summed E-state index contributed by atoms with van der Waals surface area (Å²) in [6, 6.07) is 6.54. The van der Waals surface area contributed by atoms with Gasteiger partial charge in [0, 0.05) is 50.0 Å². The number of urea groups is 1. The van der Waals surface area contributed by atoms with Crippen LogP contribution in [0.15, 0.2) is 40.1 Å². The Bertz CT molecular complexity index is 1520. The summed E-state index contributed by atoms with van der Waals surface area (Å²) in [5, 5.41) is 9.63. The van der Waals surface area contributed by atoms with Gasteiger partial charge >= 0.3 is 6.03 Å². The number of aromatic amines is 1. The maximum Gasteiger partial charge on any atom is 0.324 e. The molecule has 0 aliphatic carbocycles. The number of amides is 3. The lowest BCUT2D eigenvalue weighted by molar-refractivity contribution is -0.129. The third-order valence-electron chi connectivity index (χ3n) is 6.27. The predicted molar refractivity (Wildman–Crippen MR) is 149 cm³/mol. The van der Waals surface area contributed by atoms with E-state index in [1.165, 1.54) is 21.7 Å². The molecule has 1 aliphatic rings. The first kappa shape index (κ1) is 27.5. The van der Waals surface area contributed by atoms with Crippen molar-refractivity contribution >= 4 is 35.5 Å². The van der Waals surface area contributed by atoms with Gasteiger partial charge in [-0.1, -0.05) is 26.8 Å². The van der Waals surface area contributed by atoms with Gasteiger partial charge < -0.3 is 20.1 Å². The molecule has 3 amide bonds. The molecule has 13 heteroatoms. The summed E-state index contributed by atoms with van der Waals surface area (Å²) in [5.41, 5.74) is 6.97. The maximum atomic E-state index is 14.7. The van der Waals surface area contributed by atoms with E-state index in [1.807, 2.05) is 20.8 Å². The third-order valence-corrected chi connectivity index (χ3v) is 6.27. The number of aliphatic imine (C=N–C) groups is 1. The van der Waals surface area contributed by atoms with Crippen molar-refractivity contribution in [1.29, 1.82) is 0 Å². The van der Waals surface area contributed by atoms with E-state index < -0.39 is 23.7 Å². The highest BCUT2D eigenvalue weighted by Gasteiger charge is 2.23. The molecule has 0 saturated heterocycles. The van der Waals surface area contributed by atoms with Gasteiger partial charge in [-0.25, -0.2) is 13.9 Å². The number of nitrogens with one attached hydrogen (secondary N) is 3. The van der Waals surface area contributed by atoms with Crippen molar-refractivity contribution < 1.29 is 14.0 Å². The van der Waals surface area contributed by atoms with E-state index in [4.69, 9.17) is 5.73 Å². The van der Waals surface area contributed by atoms with Gasteiger partial charge in [-0.15, -0.1) is 0 Å². The van der Waals surface area contributed by atoms with Crippen LogP contribution >= 0.6 is 0 Å². The van der Waals surface area contributed by atoms with E-state index in [0.29, 0.717) is 22.6 Å². The fourth-order valence-corrected chi connectivity index (χ4v) is 3.86. The van der Waals surface area contributed by atoms with Gasteiger partial charge in [-0.05, 0) is 23.8 Å². The van der Waals surface area contributed by atoms with Gasteiger partial charge in [0.05, 0.1) is 11.4 Å². The second kappa shape index (κ2) is 10.3. The van der Waals surface area contributed by atoms with E-state index in [1.54, 1.807) is 44.4 Å². The SMILES string of the molecule is CN(C)C(=O)Cn1nc(C(C)(C)C)cc1NC(=O)Nc1cc(-c2cc3c([nH]c2=O)N(C)C(N)N=C3)ccc1F. The van der Waals surface area contributed by atoms with Crippen LogP contribution in [0.1, 0.15) is 32.0 Å². The van der Waals surface area contributed by atoms with Crippen molar-refractivity contribution in [2.75, 3.05) is 36.7 Å². The Balaban J connectivity index is 1.60. The minimum atomic E-state index is -0.743. The maximum absolute atomic E-state index is 14.7. The van der Waals surface area contributed by atoms with Crippen molar-refractivity contribution in [3.63, 3.8) is 0 Å². The van der Waals surface area contributed by atoms with E-state index >= 15 is 0 Å². The number of anilines is 3. The number of halogens is 1. The summed E-state index contributed by atoms with van der Waals surface area (Å²) in [4.78, 5) is 48.1. The van der Waals surface area contributed by atoms with Gasteiger partial charge in [0.2, 0.25) is 5.91 Å². The highest BCUT2D eigenvalue weighted by Crippen LogP contribution is 2.28. The molecule has 0 saturated carbocycles. The van der Waals surface area contributed by atoms with Crippen LogP contribution in [0.25, 0.3) is 11.1 Å². The zero-order valence-corrected chi connectivity index (χ0v) is 22.7. The molecular weight excluding hydrogens is 505 g/mol. The summed E-state index contributed by atoms with van der Waals surface area (Å²) in [6.45, 7) is 5.78. The topological polar surface area (TPSA) is 154 Å². The average Bonchev–Trinajstić information content (AvgIpc) is 3.25. The number of H-pyrrole nitrogens is 1. The molecule has 0 fully saturated rings. The number of likely N-dealkylation sites (N-methyl/N-ethyl adjacent to an activating group) is 1. The van der Waals surface area contributed by atoms with Gasteiger partial charge in [-0.3, -0.25) is 25.6 Å².